The van der Waals surface area contributed by atoms with E-state index in [0.29, 0.717) is 63.9 Å². The number of aromatic nitrogens is 2. The van der Waals surface area contributed by atoms with Gasteiger partial charge in [0.25, 0.3) is 5.56 Å². The van der Waals surface area contributed by atoms with Gasteiger partial charge in [-0.25, -0.2) is 4.98 Å². The molecule has 4 aromatic rings. The zero-order chi connectivity index (χ0) is 22.5. The maximum atomic E-state index is 13.2. The molecule has 32 heavy (non-hydrogen) atoms. The van der Waals surface area contributed by atoms with Crippen molar-refractivity contribution in [1.29, 1.82) is 0 Å². The highest BCUT2D eigenvalue weighted by atomic mass is 35.5. The minimum Gasteiger partial charge on any atom is -0.490 e. The van der Waals surface area contributed by atoms with Gasteiger partial charge in [0.2, 0.25) is 0 Å². The molecule has 0 spiro atoms. The lowest BCUT2D eigenvalue weighted by atomic mass is 10.2. The summed E-state index contributed by atoms with van der Waals surface area (Å²) in [5, 5.41) is 2.20. The molecule has 0 aliphatic rings. The Bertz CT molecular complexity index is 1290. The molecular weight excluding hydrogens is 471 g/mol. The van der Waals surface area contributed by atoms with Crippen LogP contribution in [0.15, 0.2) is 71.5 Å². The predicted molar refractivity (Wildman–Crippen MR) is 129 cm³/mol. The smallest absolute Gasteiger partial charge is 0.261 e. The van der Waals surface area contributed by atoms with Gasteiger partial charge >= 0.3 is 0 Å². The van der Waals surface area contributed by atoms with E-state index in [9.17, 15) is 4.79 Å². The second kappa shape index (κ2) is 10.4. The molecule has 1 heterocycles. The SMILES string of the molecule is O=c1c2ccccc2nc(-c2ccc(Cl)cc2)n1CCOCCOc1cc(Cl)ccc1Cl. The van der Waals surface area contributed by atoms with Crippen LogP contribution in [0.25, 0.3) is 22.3 Å². The van der Waals surface area contributed by atoms with Crippen LogP contribution in [0.3, 0.4) is 0 Å². The van der Waals surface area contributed by atoms with Crippen molar-refractivity contribution in [2.45, 2.75) is 6.54 Å². The van der Waals surface area contributed by atoms with Gasteiger partial charge in [-0.2, -0.15) is 0 Å². The number of nitrogens with zero attached hydrogens (tertiary/aromatic N) is 2. The topological polar surface area (TPSA) is 53.4 Å². The van der Waals surface area contributed by atoms with Gasteiger partial charge in [0, 0.05) is 21.7 Å². The third-order valence-electron chi connectivity index (χ3n) is 4.80. The van der Waals surface area contributed by atoms with Gasteiger partial charge in [0.1, 0.15) is 18.2 Å². The lowest BCUT2D eigenvalue weighted by Crippen LogP contribution is -2.26. The average molecular weight is 490 g/mol. The molecule has 0 N–H and O–H groups in total. The third kappa shape index (κ3) is 5.25. The van der Waals surface area contributed by atoms with Gasteiger partial charge in [-0.15, -0.1) is 0 Å². The second-order valence-electron chi connectivity index (χ2n) is 6.95. The van der Waals surface area contributed by atoms with Crippen LogP contribution in [0.1, 0.15) is 0 Å². The first-order valence-electron chi connectivity index (χ1n) is 9.94. The van der Waals surface area contributed by atoms with E-state index < -0.39 is 0 Å². The summed E-state index contributed by atoms with van der Waals surface area (Å²) < 4.78 is 12.9. The first-order valence-corrected chi connectivity index (χ1v) is 11.1. The van der Waals surface area contributed by atoms with Crippen molar-refractivity contribution in [3.8, 4) is 17.1 Å². The number of hydrogen-bond acceptors (Lipinski definition) is 4. The van der Waals surface area contributed by atoms with Crippen LogP contribution in [-0.4, -0.2) is 29.4 Å². The zero-order valence-corrected chi connectivity index (χ0v) is 19.2. The Kier molecular flexibility index (Phi) is 7.33. The minimum atomic E-state index is -0.119. The first-order chi connectivity index (χ1) is 15.5. The molecule has 1 aromatic heterocycles. The van der Waals surface area contributed by atoms with Gasteiger partial charge in [-0.1, -0.05) is 46.9 Å². The molecule has 0 aliphatic heterocycles. The molecule has 0 aliphatic carbocycles. The molecule has 8 heteroatoms. The van der Waals surface area contributed by atoms with Gasteiger partial charge in [-0.3, -0.25) is 9.36 Å². The molecule has 0 fully saturated rings. The molecular formula is C24H19Cl3N2O3. The lowest BCUT2D eigenvalue weighted by molar-refractivity contribution is 0.0941. The second-order valence-corrected chi connectivity index (χ2v) is 8.23. The maximum Gasteiger partial charge on any atom is 0.261 e. The number of rotatable bonds is 8. The highest BCUT2D eigenvalue weighted by Crippen LogP contribution is 2.27. The fraction of sp³-hybridized carbons (Fsp3) is 0.167. The molecule has 4 rings (SSSR count). The van der Waals surface area contributed by atoms with Gasteiger partial charge in [-0.05, 0) is 48.5 Å². The van der Waals surface area contributed by atoms with Crippen molar-refractivity contribution in [2.24, 2.45) is 0 Å². The monoisotopic (exact) mass is 488 g/mol. The fourth-order valence-corrected chi connectivity index (χ4v) is 3.71. The Hall–Kier alpha value is -2.57. The van der Waals surface area contributed by atoms with Gasteiger partial charge < -0.3 is 9.47 Å². The summed E-state index contributed by atoms with van der Waals surface area (Å²) in [5.74, 6) is 1.07. The summed E-state index contributed by atoms with van der Waals surface area (Å²) >= 11 is 18.1. The van der Waals surface area contributed by atoms with E-state index in [1.807, 2.05) is 30.3 Å². The Labute approximate surface area is 200 Å². The molecule has 0 saturated carbocycles. The quantitative estimate of drug-likeness (QED) is 0.280. The van der Waals surface area contributed by atoms with E-state index in [1.165, 1.54) is 0 Å². The van der Waals surface area contributed by atoms with E-state index in [-0.39, 0.29) is 5.56 Å². The van der Waals surface area contributed by atoms with Crippen LogP contribution in [0.4, 0.5) is 0 Å². The molecule has 0 radical (unpaired) electrons. The first kappa shape index (κ1) is 22.6. The summed E-state index contributed by atoms with van der Waals surface area (Å²) in [4.78, 5) is 17.9. The zero-order valence-electron chi connectivity index (χ0n) is 16.9. The Balaban J connectivity index is 1.46. The molecule has 0 amide bonds. The van der Waals surface area contributed by atoms with E-state index in [1.54, 1.807) is 41.0 Å². The van der Waals surface area contributed by atoms with Crippen molar-refractivity contribution in [3.05, 3.63) is 92.2 Å². The van der Waals surface area contributed by atoms with Crippen LogP contribution in [0.5, 0.6) is 5.75 Å². The number of ether oxygens (including phenoxy) is 2. The number of para-hydroxylation sites is 1. The summed E-state index contributed by atoms with van der Waals surface area (Å²) in [7, 11) is 0. The van der Waals surface area contributed by atoms with E-state index >= 15 is 0 Å². The Morgan fingerprint density at radius 1 is 0.844 bits per heavy atom. The maximum absolute atomic E-state index is 13.2. The molecule has 0 atom stereocenters. The van der Waals surface area contributed by atoms with Crippen molar-refractivity contribution in [1.82, 2.24) is 9.55 Å². The number of hydrogen-bond donors (Lipinski definition) is 0. The van der Waals surface area contributed by atoms with E-state index in [0.717, 1.165) is 5.56 Å². The number of halogens is 3. The van der Waals surface area contributed by atoms with Crippen LogP contribution in [0.2, 0.25) is 15.1 Å². The Morgan fingerprint density at radius 2 is 1.59 bits per heavy atom. The highest BCUT2D eigenvalue weighted by molar-refractivity contribution is 6.34. The third-order valence-corrected chi connectivity index (χ3v) is 5.60. The molecule has 0 bridgehead atoms. The van der Waals surface area contributed by atoms with E-state index in [4.69, 9.17) is 49.3 Å². The molecule has 0 saturated heterocycles. The fourth-order valence-electron chi connectivity index (χ4n) is 3.25. The normalized spacial score (nSPS) is 11.1. The minimum absolute atomic E-state index is 0.119. The van der Waals surface area contributed by atoms with Crippen LogP contribution < -0.4 is 10.3 Å². The van der Waals surface area contributed by atoms with Crippen molar-refractivity contribution >= 4 is 45.7 Å². The molecule has 3 aromatic carbocycles. The van der Waals surface area contributed by atoms with Crippen LogP contribution >= 0.6 is 34.8 Å². The van der Waals surface area contributed by atoms with Crippen molar-refractivity contribution < 1.29 is 9.47 Å². The highest BCUT2D eigenvalue weighted by Gasteiger charge is 2.13. The lowest BCUT2D eigenvalue weighted by Gasteiger charge is -2.14. The standard InChI is InChI=1S/C24H19Cl3N2O3/c25-17-7-5-16(6-8-17)23-28-21-4-2-1-3-19(21)24(30)29(23)11-12-31-13-14-32-22-15-18(26)9-10-20(22)27/h1-10,15H,11-14H2. The summed E-state index contributed by atoms with van der Waals surface area (Å²) in [6.45, 7) is 1.28. The molecule has 5 nitrogen and oxygen atoms in total. The largest absolute Gasteiger partial charge is 0.490 e. The average Bonchev–Trinajstić information content (AvgIpc) is 2.80. The summed E-state index contributed by atoms with van der Waals surface area (Å²) in [6.07, 6.45) is 0. The molecule has 0 unspecified atom stereocenters. The predicted octanol–water partition coefficient (Wildman–Crippen LogP) is 6.12. The molecule has 164 valence electrons. The van der Waals surface area contributed by atoms with E-state index in [2.05, 4.69) is 0 Å². The van der Waals surface area contributed by atoms with Gasteiger partial charge in [0.05, 0.1) is 35.7 Å². The number of fused-ring (bicyclic) bond motifs is 1. The summed E-state index contributed by atoms with van der Waals surface area (Å²) in [5.41, 5.74) is 1.33. The van der Waals surface area contributed by atoms with Crippen molar-refractivity contribution in [2.75, 3.05) is 19.8 Å². The van der Waals surface area contributed by atoms with Gasteiger partial charge in [0.15, 0.2) is 0 Å². The van der Waals surface area contributed by atoms with Crippen molar-refractivity contribution in [3.63, 3.8) is 0 Å². The summed E-state index contributed by atoms with van der Waals surface area (Å²) in [6, 6.07) is 19.6. The van der Waals surface area contributed by atoms with Crippen LogP contribution in [-0.2, 0) is 11.3 Å². The Morgan fingerprint density at radius 3 is 2.41 bits per heavy atom. The van der Waals surface area contributed by atoms with Crippen LogP contribution in [0, 0.1) is 0 Å². The number of benzene rings is 3.